The third-order valence-electron chi connectivity index (χ3n) is 5.25. The monoisotopic (exact) mass is 349 g/mol. The molecule has 0 bridgehead atoms. The van der Waals surface area contributed by atoms with Crippen molar-refractivity contribution in [3.05, 3.63) is 71.4 Å². The lowest BCUT2D eigenvalue weighted by Crippen LogP contribution is -2.42. The number of aromatic nitrogens is 1. The van der Waals surface area contributed by atoms with E-state index in [1.165, 1.54) is 27.6 Å². The largest absolute Gasteiger partial charge is 0.379 e. The molecule has 0 radical (unpaired) electrons. The fourth-order valence-corrected chi connectivity index (χ4v) is 3.87. The number of rotatable bonds is 6. The predicted octanol–water partition coefficient (Wildman–Crippen LogP) is 3.64. The molecule has 1 aliphatic heterocycles. The highest BCUT2D eigenvalue weighted by Crippen LogP contribution is 2.23. The number of fused-ring (bicyclic) bond motifs is 1. The van der Waals surface area contributed by atoms with Gasteiger partial charge in [0.25, 0.3) is 0 Å². The number of aryl methyl sites for hydroxylation is 1. The third-order valence-corrected chi connectivity index (χ3v) is 5.25. The van der Waals surface area contributed by atoms with Gasteiger partial charge in [0.2, 0.25) is 0 Å². The Morgan fingerprint density at radius 3 is 2.81 bits per heavy atom. The highest BCUT2D eigenvalue weighted by atomic mass is 16.5. The van der Waals surface area contributed by atoms with Crippen molar-refractivity contribution in [2.75, 3.05) is 32.8 Å². The molecular weight excluding hydrogens is 322 g/mol. The maximum atomic E-state index is 5.56. The number of aromatic amines is 1. The maximum absolute atomic E-state index is 5.56. The highest BCUT2D eigenvalue weighted by Gasteiger charge is 2.22. The summed E-state index contributed by atoms with van der Waals surface area (Å²) in [4.78, 5) is 5.84. The summed E-state index contributed by atoms with van der Waals surface area (Å²) in [5.74, 6) is 0. The standard InChI is InChI=1S/C22H27N3O/c1-17-4-2-5-18(14-17)22(25-10-12-26-13-11-25)16-23-15-19-6-3-7-21-20(19)8-9-24-21/h2-9,14,22-24H,10-13,15-16H2,1H3. The zero-order valence-corrected chi connectivity index (χ0v) is 15.4. The minimum absolute atomic E-state index is 0.379. The average Bonchev–Trinajstić information content (AvgIpc) is 3.15. The molecule has 3 aromatic rings. The Kier molecular flexibility index (Phi) is 5.34. The van der Waals surface area contributed by atoms with Crippen LogP contribution in [0.2, 0.25) is 0 Å². The van der Waals surface area contributed by atoms with Gasteiger partial charge in [-0.05, 0) is 30.2 Å². The van der Waals surface area contributed by atoms with Crippen LogP contribution >= 0.6 is 0 Å². The Morgan fingerprint density at radius 2 is 1.96 bits per heavy atom. The fourth-order valence-electron chi connectivity index (χ4n) is 3.87. The number of H-pyrrole nitrogens is 1. The Morgan fingerprint density at radius 1 is 1.12 bits per heavy atom. The first kappa shape index (κ1) is 17.3. The molecule has 1 fully saturated rings. The first-order chi connectivity index (χ1) is 12.8. The van der Waals surface area contributed by atoms with Crippen molar-refractivity contribution in [3.8, 4) is 0 Å². The summed E-state index contributed by atoms with van der Waals surface area (Å²) in [7, 11) is 0. The van der Waals surface area contributed by atoms with E-state index in [-0.39, 0.29) is 0 Å². The van der Waals surface area contributed by atoms with Crippen molar-refractivity contribution in [2.45, 2.75) is 19.5 Å². The summed E-state index contributed by atoms with van der Waals surface area (Å²) < 4.78 is 5.56. The van der Waals surface area contributed by atoms with Crippen molar-refractivity contribution in [1.29, 1.82) is 0 Å². The number of nitrogens with one attached hydrogen (secondary N) is 2. The van der Waals surface area contributed by atoms with Crippen molar-refractivity contribution in [3.63, 3.8) is 0 Å². The van der Waals surface area contributed by atoms with Crippen LogP contribution in [0.25, 0.3) is 10.9 Å². The lowest BCUT2D eigenvalue weighted by atomic mass is 10.0. The second-order valence-electron chi connectivity index (χ2n) is 7.07. The molecule has 136 valence electrons. The van der Waals surface area contributed by atoms with Gasteiger partial charge in [-0.25, -0.2) is 0 Å². The van der Waals surface area contributed by atoms with Gasteiger partial charge in [-0.1, -0.05) is 42.0 Å². The normalized spacial score (nSPS) is 16.8. The molecule has 1 aromatic heterocycles. The summed E-state index contributed by atoms with van der Waals surface area (Å²) in [6.07, 6.45) is 2.01. The van der Waals surface area contributed by atoms with Crippen molar-refractivity contribution in [1.82, 2.24) is 15.2 Å². The van der Waals surface area contributed by atoms with Gasteiger partial charge < -0.3 is 15.0 Å². The molecule has 0 spiro atoms. The maximum Gasteiger partial charge on any atom is 0.0594 e. The molecule has 0 saturated carbocycles. The molecule has 0 amide bonds. The third kappa shape index (κ3) is 3.83. The molecule has 2 N–H and O–H groups in total. The van der Waals surface area contributed by atoms with E-state index in [0.717, 1.165) is 39.4 Å². The van der Waals surface area contributed by atoms with Gasteiger partial charge in [-0.2, -0.15) is 0 Å². The van der Waals surface area contributed by atoms with E-state index in [4.69, 9.17) is 4.74 Å². The Bertz CT molecular complexity index is 851. The fraction of sp³-hybridized carbons (Fsp3) is 0.364. The van der Waals surface area contributed by atoms with E-state index in [9.17, 15) is 0 Å². The van der Waals surface area contributed by atoms with E-state index in [1.807, 2.05) is 6.20 Å². The highest BCUT2D eigenvalue weighted by molar-refractivity contribution is 5.82. The van der Waals surface area contributed by atoms with Crippen LogP contribution in [-0.4, -0.2) is 42.7 Å². The van der Waals surface area contributed by atoms with Gasteiger partial charge in [0.05, 0.1) is 13.2 Å². The van der Waals surface area contributed by atoms with Crippen molar-refractivity contribution >= 4 is 10.9 Å². The molecule has 2 heterocycles. The minimum Gasteiger partial charge on any atom is -0.379 e. The summed E-state index contributed by atoms with van der Waals surface area (Å²) in [6.45, 7) is 7.61. The minimum atomic E-state index is 0.379. The van der Waals surface area contributed by atoms with Gasteiger partial charge in [0, 0.05) is 49.3 Å². The Hall–Kier alpha value is -2.14. The summed E-state index contributed by atoms with van der Waals surface area (Å²) >= 11 is 0. The smallest absolute Gasteiger partial charge is 0.0594 e. The molecule has 1 saturated heterocycles. The average molecular weight is 349 g/mol. The molecule has 1 atom stereocenters. The topological polar surface area (TPSA) is 40.3 Å². The molecule has 0 aliphatic carbocycles. The first-order valence-electron chi connectivity index (χ1n) is 9.45. The number of benzene rings is 2. The van der Waals surface area contributed by atoms with Crippen LogP contribution < -0.4 is 5.32 Å². The van der Waals surface area contributed by atoms with E-state index >= 15 is 0 Å². The van der Waals surface area contributed by atoms with Gasteiger partial charge in [-0.3, -0.25) is 4.90 Å². The van der Waals surface area contributed by atoms with Gasteiger partial charge in [0.15, 0.2) is 0 Å². The van der Waals surface area contributed by atoms with Crippen LogP contribution in [0.1, 0.15) is 22.7 Å². The molecule has 2 aromatic carbocycles. The lowest BCUT2D eigenvalue weighted by molar-refractivity contribution is 0.0161. The molecule has 4 heteroatoms. The van der Waals surface area contributed by atoms with Gasteiger partial charge >= 0.3 is 0 Å². The van der Waals surface area contributed by atoms with Crippen LogP contribution in [0, 0.1) is 6.92 Å². The summed E-state index contributed by atoms with van der Waals surface area (Å²) in [5, 5.41) is 5.01. The van der Waals surface area contributed by atoms with Gasteiger partial charge in [0.1, 0.15) is 0 Å². The number of hydrogen-bond acceptors (Lipinski definition) is 3. The molecule has 26 heavy (non-hydrogen) atoms. The molecular formula is C22H27N3O. The number of morpholine rings is 1. The molecule has 4 rings (SSSR count). The van der Waals surface area contributed by atoms with Crippen LogP contribution in [0.3, 0.4) is 0 Å². The molecule has 1 unspecified atom stereocenters. The summed E-state index contributed by atoms with van der Waals surface area (Å²) in [6, 6.07) is 17.9. The number of hydrogen-bond donors (Lipinski definition) is 2. The zero-order chi connectivity index (χ0) is 17.8. The Labute approximate surface area is 155 Å². The van der Waals surface area contributed by atoms with E-state index in [1.54, 1.807) is 0 Å². The van der Waals surface area contributed by atoms with E-state index < -0.39 is 0 Å². The van der Waals surface area contributed by atoms with Crippen LogP contribution in [-0.2, 0) is 11.3 Å². The second kappa shape index (κ2) is 8.04. The quantitative estimate of drug-likeness (QED) is 0.714. The predicted molar refractivity (Wildman–Crippen MR) is 106 cm³/mol. The lowest BCUT2D eigenvalue weighted by Gasteiger charge is -2.35. The molecule has 1 aliphatic rings. The zero-order valence-electron chi connectivity index (χ0n) is 15.4. The van der Waals surface area contributed by atoms with E-state index in [2.05, 4.69) is 70.7 Å². The number of ether oxygens (including phenoxy) is 1. The van der Waals surface area contributed by atoms with Crippen molar-refractivity contribution < 1.29 is 4.74 Å². The summed E-state index contributed by atoms with van der Waals surface area (Å²) in [5.41, 5.74) is 5.25. The van der Waals surface area contributed by atoms with Gasteiger partial charge in [-0.15, -0.1) is 0 Å². The SMILES string of the molecule is Cc1cccc(C(CNCc2cccc3[nH]ccc23)N2CCOCC2)c1. The number of nitrogens with zero attached hydrogens (tertiary/aromatic N) is 1. The first-order valence-corrected chi connectivity index (χ1v) is 9.45. The Balaban J connectivity index is 1.48. The molecule has 4 nitrogen and oxygen atoms in total. The van der Waals surface area contributed by atoms with Crippen LogP contribution in [0.5, 0.6) is 0 Å². The van der Waals surface area contributed by atoms with E-state index in [0.29, 0.717) is 6.04 Å². The second-order valence-corrected chi connectivity index (χ2v) is 7.07. The van der Waals surface area contributed by atoms with Crippen molar-refractivity contribution in [2.24, 2.45) is 0 Å². The van der Waals surface area contributed by atoms with Crippen LogP contribution in [0.15, 0.2) is 54.7 Å². The van der Waals surface area contributed by atoms with Crippen LogP contribution in [0.4, 0.5) is 0 Å².